The van der Waals surface area contributed by atoms with Crippen molar-refractivity contribution in [3.05, 3.63) is 47.5 Å². The van der Waals surface area contributed by atoms with E-state index in [4.69, 9.17) is 18.9 Å². The fourth-order valence-electron chi connectivity index (χ4n) is 3.37. The lowest BCUT2D eigenvalue weighted by molar-refractivity contribution is 0.0235. The van der Waals surface area contributed by atoms with Crippen LogP contribution in [-0.2, 0) is 4.74 Å². The molecule has 2 aromatic carbocycles. The molecule has 2 heterocycles. The van der Waals surface area contributed by atoms with Crippen LogP contribution >= 0.6 is 0 Å². The quantitative estimate of drug-likeness (QED) is 0.921. The molecule has 6 heteroatoms. The first-order valence-corrected chi connectivity index (χ1v) is 8.34. The monoisotopic (exact) mass is 343 g/mol. The van der Waals surface area contributed by atoms with Gasteiger partial charge < -0.3 is 24.1 Å². The zero-order valence-electron chi connectivity index (χ0n) is 14.1. The number of ether oxygens (including phenoxy) is 4. The van der Waals surface area contributed by atoms with Crippen molar-refractivity contribution in [3.8, 4) is 23.0 Å². The molecule has 0 amide bonds. The first-order chi connectivity index (χ1) is 12.3. The number of nitrogens with zero attached hydrogens (tertiary/aromatic N) is 1. The number of morpholine rings is 1. The SMILES string of the molecule is COc1ccc([C@H](c2cc3c(cc2O)OCO3)N2CCOCC2)cc1. The molecule has 0 bridgehead atoms. The Labute approximate surface area is 146 Å². The second-order valence-corrected chi connectivity index (χ2v) is 6.09. The van der Waals surface area contributed by atoms with Crippen molar-refractivity contribution in [2.24, 2.45) is 0 Å². The second-order valence-electron chi connectivity index (χ2n) is 6.09. The van der Waals surface area contributed by atoms with Crippen molar-refractivity contribution in [1.82, 2.24) is 4.90 Å². The van der Waals surface area contributed by atoms with E-state index >= 15 is 0 Å². The summed E-state index contributed by atoms with van der Waals surface area (Å²) in [7, 11) is 1.65. The van der Waals surface area contributed by atoms with Crippen LogP contribution in [0.1, 0.15) is 17.2 Å². The molecule has 4 rings (SSSR count). The number of hydrogen-bond acceptors (Lipinski definition) is 6. The van der Waals surface area contributed by atoms with Crippen molar-refractivity contribution in [2.45, 2.75) is 6.04 Å². The number of phenolic OH excluding ortho intramolecular Hbond substituents is 1. The number of rotatable bonds is 4. The van der Waals surface area contributed by atoms with Gasteiger partial charge in [0.1, 0.15) is 11.5 Å². The maximum atomic E-state index is 10.6. The molecule has 0 spiro atoms. The maximum absolute atomic E-state index is 10.6. The van der Waals surface area contributed by atoms with Gasteiger partial charge in [-0.2, -0.15) is 0 Å². The molecule has 2 aliphatic rings. The maximum Gasteiger partial charge on any atom is 0.231 e. The van der Waals surface area contributed by atoms with E-state index in [1.807, 2.05) is 30.3 Å². The van der Waals surface area contributed by atoms with Crippen LogP contribution in [0.4, 0.5) is 0 Å². The number of hydrogen-bond donors (Lipinski definition) is 1. The predicted molar refractivity (Wildman–Crippen MR) is 91.5 cm³/mol. The van der Waals surface area contributed by atoms with E-state index in [9.17, 15) is 5.11 Å². The summed E-state index contributed by atoms with van der Waals surface area (Å²) in [5.74, 6) is 2.26. The van der Waals surface area contributed by atoms with Gasteiger partial charge in [0.2, 0.25) is 6.79 Å². The fraction of sp³-hybridized carbons (Fsp3) is 0.368. The van der Waals surface area contributed by atoms with Crippen LogP contribution in [0.5, 0.6) is 23.0 Å². The minimum Gasteiger partial charge on any atom is -0.507 e. The summed E-state index contributed by atoms with van der Waals surface area (Å²) in [6.45, 7) is 3.13. The van der Waals surface area contributed by atoms with Gasteiger partial charge >= 0.3 is 0 Å². The van der Waals surface area contributed by atoms with Crippen LogP contribution in [0, 0.1) is 0 Å². The van der Waals surface area contributed by atoms with Gasteiger partial charge in [-0.1, -0.05) is 12.1 Å². The van der Waals surface area contributed by atoms with Gasteiger partial charge in [-0.3, -0.25) is 4.90 Å². The van der Waals surface area contributed by atoms with Gasteiger partial charge in [0.15, 0.2) is 11.5 Å². The molecule has 0 aromatic heterocycles. The van der Waals surface area contributed by atoms with E-state index in [1.165, 1.54) is 0 Å². The Morgan fingerprint density at radius 3 is 2.40 bits per heavy atom. The molecular weight excluding hydrogens is 322 g/mol. The number of methoxy groups -OCH3 is 1. The minimum atomic E-state index is -0.0932. The molecule has 2 aliphatic heterocycles. The van der Waals surface area contributed by atoms with E-state index in [2.05, 4.69) is 4.90 Å². The van der Waals surface area contributed by atoms with Crippen molar-refractivity contribution >= 4 is 0 Å². The fourth-order valence-corrected chi connectivity index (χ4v) is 3.37. The molecular formula is C19H21NO5. The lowest BCUT2D eigenvalue weighted by Crippen LogP contribution is -2.39. The summed E-state index contributed by atoms with van der Waals surface area (Å²) in [5.41, 5.74) is 1.88. The Balaban J connectivity index is 1.76. The third-order valence-electron chi connectivity index (χ3n) is 4.66. The van der Waals surface area contributed by atoms with Crippen molar-refractivity contribution in [1.29, 1.82) is 0 Å². The zero-order chi connectivity index (χ0) is 17.2. The van der Waals surface area contributed by atoms with Gasteiger partial charge in [0, 0.05) is 24.7 Å². The van der Waals surface area contributed by atoms with Gasteiger partial charge in [-0.05, 0) is 23.8 Å². The number of phenols is 1. The molecule has 0 aliphatic carbocycles. The summed E-state index contributed by atoms with van der Waals surface area (Å²) >= 11 is 0. The molecule has 1 fully saturated rings. The summed E-state index contributed by atoms with van der Waals surface area (Å²) < 4.78 is 21.6. The topological polar surface area (TPSA) is 60.4 Å². The van der Waals surface area contributed by atoms with Gasteiger partial charge in [0.05, 0.1) is 26.4 Å². The van der Waals surface area contributed by atoms with Crippen LogP contribution in [-0.4, -0.2) is 50.2 Å². The number of aromatic hydroxyl groups is 1. The highest BCUT2D eigenvalue weighted by Gasteiger charge is 2.29. The Kier molecular flexibility index (Phi) is 4.38. The smallest absolute Gasteiger partial charge is 0.231 e. The molecule has 1 atom stereocenters. The van der Waals surface area contributed by atoms with E-state index in [0.717, 1.165) is 30.0 Å². The van der Waals surface area contributed by atoms with Gasteiger partial charge in [-0.15, -0.1) is 0 Å². The highest BCUT2D eigenvalue weighted by molar-refractivity contribution is 5.54. The zero-order valence-corrected chi connectivity index (χ0v) is 14.1. The summed E-state index contributed by atoms with van der Waals surface area (Å²) in [4.78, 5) is 2.31. The molecule has 2 aromatic rings. The van der Waals surface area contributed by atoms with Crippen molar-refractivity contribution in [2.75, 3.05) is 40.2 Å². The molecule has 0 saturated carbocycles. The number of fused-ring (bicyclic) bond motifs is 1. The predicted octanol–water partition coefficient (Wildman–Crippen LogP) is 2.55. The standard InChI is InChI=1S/C19H21NO5/c1-22-14-4-2-13(3-5-14)19(20-6-8-23-9-7-20)15-10-17-18(11-16(15)21)25-12-24-17/h2-5,10-11,19,21H,6-9,12H2,1H3/t19-/m1/s1. The van der Waals surface area contributed by atoms with Crippen LogP contribution in [0.15, 0.2) is 36.4 Å². The van der Waals surface area contributed by atoms with E-state index in [0.29, 0.717) is 24.7 Å². The van der Waals surface area contributed by atoms with Crippen LogP contribution in [0.25, 0.3) is 0 Å². The Hall–Kier alpha value is -2.44. The van der Waals surface area contributed by atoms with Gasteiger partial charge in [-0.25, -0.2) is 0 Å². The minimum absolute atomic E-state index is 0.0932. The summed E-state index contributed by atoms with van der Waals surface area (Å²) in [6, 6.07) is 11.4. The van der Waals surface area contributed by atoms with E-state index in [1.54, 1.807) is 13.2 Å². The first kappa shape index (κ1) is 16.1. The summed E-state index contributed by atoms with van der Waals surface area (Å²) in [5, 5.41) is 10.6. The molecule has 6 nitrogen and oxygen atoms in total. The third-order valence-corrected chi connectivity index (χ3v) is 4.66. The molecule has 1 saturated heterocycles. The summed E-state index contributed by atoms with van der Waals surface area (Å²) in [6.07, 6.45) is 0. The Morgan fingerprint density at radius 1 is 1.04 bits per heavy atom. The Morgan fingerprint density at radius 2 is 1.72 bits per heavy atom. The highest BCUT2D eigenvalue weighted by Crippen LogP contribution is 2.43. The average Bonchev–Trinajstić information content (AvgIpc) is 3.11. The lowest BCUT2D eigenvalue weighted by Gasteiger charge is -2.35. The van der Waals surface area contributed by atoms with Crippen molar-refractivity contribution < 1.29 is 24.1 Å². The molecule has 0 unspecified atom stereocenters. The average molecular weight is 343 g/mol. The van der Waals surface area contributed by atoms with E-state index in [-0.39, 0.29) is 18.6 Å². The molecule has 0 radical (unpaired) electrons. The number of benzene rings is 2. The largest absolute Gasteiger partial charge is 0.507 e. The lowest BCUT2D eigenvalue weighted by atomic mass is 9.95. The van der Waals surface area contributed by atoms with Crippen LogP contribution < -0.4 is 14.2 Å². The molecule has 25 heavy (non-hydrogen) atoms. The van der Waals surface area contributed by atoms with Crippen LogP contribution in [0.3, 0.4) is 0 Å². The van der Waals surface area contributed by atoms with E-state index < -0.39 is 0 Å². The third kappa shape index (κ3) is 3.10. The first-order valence-electron chi connectivity index (χ1n) is 8.34. The molecule has 1 N–H and O–H groups in total. The Bertz CT molecular complexity index is 740. The van der Waals surface area contributed by atoms with Gasteiger partial charge in [0.25, 0.3) is 0 Å². The molecule has 132 valence electrons. The van der Waals surface area contributed by atoms with Crippen molar-refractivity contribution in [3.63, 3.8) is 0 Å². The normalized spacial score (nSPS) is 18.1. The van der Waals surface area contributed by atoms with Crippen LogP contribution in [0.2, 0.25) is 0 Å². The second kappa shape index (κ2) is 6.82. The highest BCUT2D eigenvalue weighted by atomic mass is 16.7.